The van der Waals surface area contributed by atoms with Gasteiger partial charge < -0.3 is 19.7 Å². The maximum atomic E-state index is 13.1. The number of thioether (sulfide) groups is 1. The van der Waals surface area contributed by atoms with Gasteiger partial charge in [0, 0.05) is 17.9 Å². The Labute approximate surface area is 168 Å². The van der Waals surface area contributed by atoms with Crippen LogP contribution in [-0.2, 0) is 11.2 Å². The van der Waals surface area contributed by atoms with Gasteiger partial charge in [0.25, 0.3) is 5.91 Å². The highest BCUT2D eigenvalue weighted by Crippen LogP contribution is 2.52. The molecule has 28 heavy (non-hydrogen) atoms. The van der Waals surface area contributed by atoms with Crippen LogP contribution in [0.15, 0.2) is 42.5 Å². The summed E-state index contributed by atoms with van der Waals surface area (Å²) in [5.74, 6) is 1.25. The number of carbonyl (C=O) groups excluding carboxylic acids is 2. The van der Waals surface area contributed by atoms with Crippen LogP contribution in [-0.4, -0.2) is 49.3 Å². The molecule has 2 aliphatic heterocycles. The van der Waals surface area contributed by atoms with Crippen molar-refractivity contribution in [3.8, 4) is 11.5 Å². The molecule has 4 rings (SSSR count). The summed E-state index contributed by atoms with van der Waals surface area (Å²) < 4.78 is 10.8. The molecule has 0 radical (unpaired) electrons. The van der Waals surface area contributed by atoms with Crippen molar-refractivity contribution in [1.29, 1.82) is 0 Å². The van der Waals surface area contributed by atoms with Gasteiger partial charge in [0.15, 0.2) is 11.5 Å². The molecular formula is C21H22N2O4S. The standard InChI is InChI=1S/C21H22N2O4S/c1-26-16-9-8-14-17(18(16)27-2)20(25)23-15(12-28-21(14)23)19(24)22-11-10-13-6-4-3-5-7-13/h3-9,15,21H,10-12H2,1-2H3,(H,22,24)/t15-,21-/m1/s1. The summed E-state index contributed by atoms with van der Waals surface area (Å²) in [6.45, 7) is 0.542. The number of hydrogen-bond donors (Lipinski definition) is 1. The Morgan fingerprint density at radius 1 is 1.18 bits per heavy atom. The van der Waals surface area contributed by atoms with Crippen LogP contribution in [0.2, 0.25) is 0 Å². The van der Waals surface area contributed by atoms with E-state index >= 15 is 0 Å². The Balaban J connectivity index is 1.49. The van der Waals surface area contributed by atoms with Crippen molar-refractivity contribution >= 4 is 23.6 Å². The van der Waals surface area contributed by atoms with E-state index in [1.54, 1.807) is 23.8 Å². The van der Waals surface area contributed by atoms with Crippen molar-refractivity contribution in [3.63, 3.8) is 0 Å². The van der Waals surface area contributed by atoms with Crippen LogP contribution >= 0.6 is 11.8 Å². The Bertz CT molecular complexity index is 903. The van der Waals surface area contributed by atoms with Crippen LogP contribution < -0.4 is 14.8 Å². The highest BCUT2D eigenvalue weighted by molar-refractivity contribution is 7.99. The summed E-state index contributed by atoms with van der Waals surface area (Å²) in [7, 11) is 3.07. The second-order valence-corrected chi connectivity index (χ2v) is 7.82. The molecule has 146 valence electrons. The smallest absolute Gasteiger partial charge is 0.260 e. The van der Waals surface area contributed by atoms with E-state index in [1.165, 1.54) is 12.7 Å². The molecule has 2 aromatic carbocycles. The van der Waals surface area contributed by atoms with E-state index in [0.29, 0.717) is 29.4 Å². The lowest BCUT2D eigenvalue weighted by atomic mass is 10.1. The largest absolute Gasteiger partial charge is 0.493 e. The summed E-state index contributed by atoms with van der Waals surface area (Å²) in [5, 5.41) is 2.82. The summed E-state index contributed by atoms with van der Waals surface area (Å²) in [6.07, 6.45) is 0.759. The zero-order valence-corrected chi connectivity index (χ0v) is 16.6. The number of ether oxygens (including phenoxy) is 2. The maximum Gasteiger partial charge on any atom is 0.260 e. The SMILES string of the molecule is COc1ccc2c(c1OC)C(=O)N1[C@@H](C(=O)NCCc3ccccc3)CS[C@H]21. The third kappa shape index (κ3) is 3.09. The molecule has 1 fully saturated rings. The average molecular weight is 398 g/mol. The number of nitrogens with zero attached hydrogens (tertiary/aromatic N) is 1. The molecule has 0 unspecified atom stereocenters. The zero-order valence-electron chi connectivity index (χ0n) is 15.8. The third-order valence-corrected chi connectivity index (χ3v) is 6.46. The molecule has 0 aliphatic carbocycles. The van der Waals surface area contributed by atoms with E-state index in [4.69, 9.17) is 9.47 Å². The van der Waals surface area contributed by atoms with Crippen LogP contribution in [0.5, 0.6) is 11.5 Å². The molecule has 6 nitrogen and oxygen atoms in total. The molecule has 2 heterocycles. The van der Waals surface area contributed by atoms with Gasteiger partial charge in [0.05, 0.1) is 19.8 Å². The fraction of sp³-hybridized carbons (Fsp3) is 0.333. The molecule has 2 amide bonds. The first-order valence-electron chi connectivity index (χ1n) is 9.16. The first-order chi connectivity index (χ1) is 13.7. The van der Waals surface area contributed by atoms with Gasteiger partial charge in [-0.1, -0.05) is 36.4 Å². The predicted octanol–water partition coefficient (Wildman–Crippen LogP) is 2.63. The Morgan fingerprint density at radius 2 is 1.96 bits per heavy atom. The van der Waals surface area contributed by atoms with Gasteiger partial charge in [0.2, 0.25) is 5.91 Å². The van der Waals surface area contributed by atoms with Crippen LogP contribution in [0.1, 0.15) is 26.9 Å². The monoisotopic (exact) mass is 398 g/mol. The van der Waals surface area contributed by atoms with Gasteiger partial charge >= 0.3 is 0 Å². The Kier molecular flexibility index (Phi) is 5.17. The summed E-state index contributed by atoms with van der Waals surface area (Å²) in [6, 6.07) is 13.2. The van der Waals surface area contributed by atoms with Gasteiger partial charge in [-0.25, -0.2) is 0 Å². The number of benzene rings is 2. The number of amides is 2. The number of methoxy groups -OCH3 is 2. The van der Waals surface area contributed by atoms with Crippen LogP contribution in [0, 0.1) is 0 Å². The predicted molar refractivity (Wildman–Crippen MR) is 108 cm³/mol. The minimum Gasteiger partial charge on any atom is -0.493 e. The van der Waals surface area contributed by atoms with Gasteiger partial charge in [-0.05, 0) is 18.1 Å². The average Bonchev–Trinajstić information content (AvgIpc) is 3.28. The van der Waals surface area contributed by atoms with Crippen molar-refractivity contribution in [2.24, 2.45) is 0 Å². The lowest BCUT2D eigenvalue weighted by molar-refractivity contribution is -0.124. The number of fused-ring (bicyclic) bond motifs is 3. The fourth-order valence-electron chi connectivity index (χ4n) is 3.79. The lowest BCUT2D eigenvalue weighted by Crippen LogP contribution is -2.46. The van der Waals surface area contributed by atoms with Crippen LogP contribution in [0.4, 0.5) is 0 Å². The van der Waals surface area contributed by atoms with Crippen molar-refractivity contribution < 1.29 is 19.1 Å². The number of hydrogen-bond acceptors (Lipinski definition) is 5. The minimum absolute atomic E-state index is 0.113. The second-order valence-electron chi connectivity index (χ2n) is 6.71. The molecule has 7 heteroatoms. The normalized spacial score (nSPS) is 19.9. The van der Waals surface area contributed by atoms with Crippen molar-refractivity contribution in [3.05, 3.63) is 59.2 Å². The second kappa shape index (κ2) is 7.75. The molecule has 2 aliphatic rings. The molecule has 2 aromatic rings. The Morgan fingerprint density at radius 3 is 2.68 bits per heavy atom. The molecule has 0 bridgehead atoms. The van der Waals surface area contributed by atoms with Crippen LogP contribution in [0.25, 0.3) is 0 Å². The topological polar surface area (TPSA) is 67.9 Å². The number of nitrogens with one attached hydrogen (secondary N) is 1. The van der Waals surface area contributed by atoms with Gasteiger partial charge in [-0.3, -0.25) is 9.59 Å². The summed E-state index contributed by atoms with van der Waals surface area (Å²) >= 11 is 1.61. The molecular weight excluding hydrogens is 376 g/mol. The van der Waals surface area contributed by atoms with E-state index in [-0.39, 0.29) is 17.2 Å². The van der Waals surface area contributed by atoms with Crippen molar-refractivity contribution in [2.45, 2.75) is 17.8 Å². The summed E-state index contributed by atoms with van der Waals surface area (Å²) in [4.78, 5) is 27.6. The molecule has 0 aromatic heterocycles. The number of carbonyl (C=O) groups is 2. The van der Waals surface area contributed by atoms with Crippen molar-refractivity contribution in [1.82, 2.24) is 10.2 Å². The highest BCUT2D eigenvalue weighted by Gasteiger charge is 2.50. The molecule has 1 saturated heterocycles. The van der Waals surface area contributed by atoms with Gasteiger partial charge in [-0.2, -0.15) is 0 Å². The quantitative estimate of drug-likeness (QED) is 0.810. The summed E-state index contributed by atoms with van der Waals surface area (Å²) in [5.41, 5.74) is 2.55. The van der Waals surface area contributed by atoms with E-state index in [1.807, 2.05) is 42.5 Å². The molecule has 0 spiro atoms. The minimum atomic E-state index is -0.485. The van der Waals surface area contributed by atoms with Crippen LogP contribution in [0.3, 0.4) is 0 Å². The van der Waals surface area contributed by atoms with Gasteiger partial charge in [-0.15, -0.1) is 11.8 Å². The van der Waals surface area contributed by atoms with E-state index < -0.39 is 6.04 Å². The maximum absolute atomic E-state index is 13.1. The first-order valence-corrected chi connectivity index (χ1v) is 10.2. The van der Waals surface area contributed by atoms with Crippen molar-refractivity contribution in [2.75, 3.05) is 26.5 Å². The number of rotatable bonds is 6. The third-order valence-electron chi connectivity index (χ3n) is 5.15. The molecule has 0 saturated carbocycles. The highest BCUT2D eigenvalue weighted by atomic mass is 32.2. The Hall–Kier alpha value is -2.67. The van der Waals surface area contributed by atoms with E-state index in [9.17, 15) is 9.59 Å². The zero-order chi connectivity index (χ0) is 19.7. The molecule has 1 N–H and O–H groups in total. The lowest BCUT2D eigenvalue weighted by Gasteiger charge is -2.22. The fourth-order valence-corrected chi connectivity index (χ4v) is 5.24. The van der Waals surface area contributed by atoms with E-state index in [0.717, 1.165) is 12.0 Å². The van der Waals surface area contributed by atoms with Gasteiger partial charge in [0.1, 0.15) is 11.4 Å². The molecule has 2 atom stereocenters. The van der Waals surface area contributed by atoms with E-state index in [2.05, 4.69) is 5.32 Å². The first kappa shape index (κ1) is 18.7.